The summed E-state index contributed by atoms with van der Waals surface area (Å²) in [7, 11) is 0. The Bertz CT molecular complexity index is 722. The highest BCUT2D eigenvalue weighted by Gasteiger charge is 2.20. The van der Waals surface area contributed by atoms with Crippen molar-refractivity contribution in [3.8, 4) is 0 Å². The number of nitrogens with one attached hydrogen (secondary N) is 1. The minimum atomic E-state index is -0.879. The molecule has 0 aliphatic carbocycles. The van der Waals surface area contributed by atoms with E-state index in [-0.39, 0.29) is 18.6 Å². The summed E-state index contributed by atoms with van der Waals surface area (Å²) < 4.78 is 0. The van der Waals surface area contributed by atoms with Gasteiger partial charge in [-0.05, 0) is 25.5 Å². The van der Waals surface area contributed by atoms with Crippen LogP contribution >= 0.6 is 0 Å². The molecular formula is C16H17N3O3. The molecule has 1 aromatic heterocycles. The predicted octanol–water partition coefficient (Wildman–Crippen LogP) is 1.19. The molecule has 3 N–H and O–H groups in total. The lowest BCUT2D eigenvalue weighted by molar-refractivity contribution is -0.120. The molecule has 0 aliphatic rings. The number of nitrogens with two attached hydrogens (primary N) is 1. The fourth-order valence-electron chi connectivity index (χ4n) is 2.16. The number of primary amides is 1. The Labute approximate surface area is 127 Å². The van der Waals surface area contributed by atoms with E-state index in [4.69, 9.17) is 5.73 Å². The summed E-state index contributed by atoms with van der Waals surface area (Å²) in [5.74, 6) is -1.16. The van der Waals surface area contributed by atoms with Crippen molar-refractivity contribution in [3.05, 3.63) is 42.1 Å². The number of nitrogens with zero attached hydrogens (tertiary/aromatic N) is 1. The van der Waals surface area contributed by atoms with Crippen molar-refractivity contribution in [2.75, 3.05) is 0 Å². The molecular weight excluding hydrogens is 282 g/mol. The normalized spacial score (nSPS) is 11.9. The number of amides is 2. The van der Waals surface area contributed by atoms with Crippen LogP contribution < -0.4 is 11.1 Å². The third kappa shape index (κ3) is 3.66. The molecule has 0 spiro atoms. The first kappa shape index (κ1) is 15.6. The number of pyridine rings is 1. The molecule has 1 atom stereocenters. The van der Waals surface area contributed by atoms with E-state index in [1.807, 2.05) is 12.1 Å². The lowest BCUT2D eigenvalue weighted by Gasteiger charge is -2.15. The van der Waals surface area contributed by atoms with Crippen molar-refractivity contribution in [2.45, 2.75) is 25.8 Å². The second kappa shape index (κ2) is 6.80. The van der Waals surface area contributed by atoms with E-state index in [0.29, 0.717) is 11.1 Å². The quantitative estimate of drug-likeness (QED) is 0.836. The molecule has 0 unspecified atom stereocenters. The molecule has 0 radical (unpaired) electrons. The van der Waals surface area contributed by atoms with Crippen molar-refractivity contribution >= 4 is 28.5 Å². The number of para-hydroxylation sites is 1. The van der Waals surface area contributed by atoms with E-state index < -0.39 is 17.9 Å². The highest BCUT2D eigenvalue weighted by atomic mass is 16.2. The summed E-state index contributed by atoms with van der Waals surface area (Å²) in [4.78, 5) is 39.0. The number of ketones is 1. The molecule has 2 amide bonds. The Balaban J connectivity index is 2.22. The Hall–Kier alpha value is -2.76. The standard InChI is InChI=1S/C16H17N3O3/c1-10(20)7-8-13(15(17)21)19-16(22)12-6-2-4-11-5-3-9-18-14(11)12/h2-6,9,13H,7-8H2,1H3,(H2,17,21)(H,19,22)/t13-/m0/s1. The van der Waals surface area contributed by atoms with Crippen molar-refractivity contribution in [1.82, 2.24) is 10.3 Å². The van der Waals surface area contributed by atoms with Crippen LogP contribution in [0.15, 0.2) is 36.5 Å². The number of carbonyl (C=O) groups is 3. The number of rotatable bonds is 6. The van der Waals surface area contributed by atoms with Crippen LogP contribution in [0.5, 0.6) is 0 Å². The van der Waals surface area contributed by atoms with Crippen LogP contribution in [0.3, 0.4) is 0 Å². The van der Waals surface area contributed by atoms with Crippen LogP contribution in [0.1, 0.15) is 30.1 Å². The first-order valence-corrected chi connectivity index (χ1v) is 6.92. The molecule has 22 heavy (non-hydrogen) atoms. The van der Waals surface area contributed by atoms with Crippen molar-refractivity contribution in [1.29, 1.82) is 0 Å². The molecule has 2 aromatic rings. The lowest BCUT2D eigenvalue weighted by atomic mass is 10.1. The molecule has 2 rings (SSSR count). The molecule has 0 bridgehead atoms. The Morgan fingerprint density at radius 2 is 1.95 bits per heavy atom. The average Bonchev–Trinajstić information content (AvgIpc) is 2.50. The molecule has 6 heteroatoms. The summed E-state index contributed by atoms with van der Waals surface area (Å²) in [6.07, 6.45) is 1.97. The highest BCUT2D eigenvalue weighted by Crippen LogP contribution is 2.16. The zero-order valence-corrected chi connectivity index (χ0v) is 12.2. The zero-order chi connectivity index (χ0) is 16.1. The minimum absolute atomic E-state index is 0.0627. The molecule has 1 heterocycles. The number of benzene rings is 1. The van der Waals surface area contributed by atoms with Gasteiger partial charge < -0.3 is 15.8 Å². The zero-order valence-electron chi connectivity index (χ0n) is 12.2. The Kier molecular flexibility index (Phi) is 4.83. The van der Waals surface area contributed by atoms with Gasteiger partial charge in [-0.25, -0.2) is 0 Å². The molecule has 1 aromatic carbocycles. The van der Waals surface area contributed by atoms with E-state index in [1.54, 1.807) is 24.4 Å². The van der Waals surface area contributed by atoms with Gasteiger partial charge in [0, 0.05) is 18.0 Å². The van der Waals surface area contributed by atoms with Crippen LogP contribution in [0, 0.1) is 0 Å². The molecule has 114 valence electrons. The number of hydrogen-bond acceptors (Lipinski definition) is 4. The average molecular weight is 299 g/mol. The SMILES string of the molecule is CC(=O)CC[C@H](NC(=O)c1cccc2cccnc12)C(N)=O. The molecule has 0 saturated heterocycles. The van der Waals surface area contributed by atoms with Gasteiger partial charge in [0.1, 0.15) is 11.8 Å². The molecule has 0 fully saturated rings. The predicted molar refractivity (Wildman–Crippen MR) is 82.1 cm³/mol. The highest BCUT2D eigenvalue weighted by molar-refractivity contribution is 6.06. The first-order chi connectivity index (χ1) is 10.5. The second-order valence-corrected chi connectivity index (χ2v) is 5.05. The maximum Gasteiger partial charge on any atom is 0.254 e. The van der Waals surface area contributed by atoms with Gasteiger partial charge in [-0.2, -0.15) is 0 Å². The number of Topliss-reactive ketones (excluding diaryl/α,β-unsaturated/α-hetero) is 1. The molecule has 0 aliphatic heterocycles. The summed E-state index contributed by atoms with van der Waals surface area (Å²) in [5.41, 5.74) is 6.20. The van der Waals surface area contributed by atoms with Gasteiger partial charge in [0.25, 0.3) is 5.91 Å². The number of hydrogen-bond donors (Lipinski definition) is 2. The Morgan fingerprint density at radius 1 is 1.23 bits per heavy atom. The fraction of sp³-hybridized carbons (Fsp3) is 0.250. The van der Waals surface area contributed by atoms with E-state index in [0.717, 1.165) is 5.39 Å². The van der Waals surface area contributed by atoms with E-state index in [2.05, 4.69) is 10.3 Å². The van der Waals surface area contributed by atoms with Crippen molar-refractivity contribution in [2.24, 2.45) is 5.73 Å². The monoisotopic (exact) mass is 299 g/mol. The molecule has 6 nitrogen and oxygen atoms in total. The second-order valence-electron chi connectivity index (χ2n) is 5.05. The smallest absolute Gasteiger partial charge is 0.254 e. The van der Waals surface area contributed by atoms with Crippen LogP contribution in [-0.4, -0.2) is 28.6 Å². The van der Waals surface area contributed by atoms with Crippen LogP contribution in [0.25, 0.3) is 10.9 Å². The van der Waals surface area contributed by atoms with Crippen LogP contribution in [0.4, 0.5) is 0 Å². The number of aromatic nitrogens is 1. The van der Waals surface area contributed by atoms with Gasteiger partial charge in [-0.1, -0.05) is 18.2 Å². The van der Waals surface area contributed by atoms with Gasteiger partial charge in [-0.3, -0.25) is 14.6 Å². The number of carbonyl (C=O) groups excluding carboxylic acids is 3. The lowest BCUT2D eigenvalue weighted by Crippen LogP contribution is -2.44. The van der Waals surface area contributed by atoms with Gasteiger partial charge in [0.2, 0.25) is 5.91 Å². The van der Waals surface area contributed by atoms with Crippen molar-refractivity contribution in [3.63, 3.8) is 0 Å². The van der Waals surface area contributed by atoms with E-state index in [1.165, 1.54) is 6.92 Å². The summed E-state index contributed by atoms with van der Waals surface area (Å²) >= 11 is 0. The third-order valence-corrected chi connectivity index (χ3v) is 3.31. The third-order valence-electron chi connectivity index (χ3n) is 3.31. The Morgan fingerprint density at radius 3 is 2.64 bits per heavy atom. The van der Waals surface area contributed by atoms with Crippen molar-refractivity contribution < 1.29 is 14.4 Å². The molecule has 0 saturated carbocycles. The topological polar surface area (TPSA) is 102 Å². The maximum atomic E-state index is 12.4. The van der Waals surface area contributed by atoms with E-state index in [9.17, 15) is 14.4 Å². The van der Waals surface area contributed by atoms with Gasteiger partial charge in [0.05, 0.1) is 11.1 Å². The van der Waals surface area contributed by atoms with Gasteiger partial charge >= 0.3 is 0 Å². The minimum Gasteiger partial charge on any atom is -0.368 e. The van der Waals surface area contributed by atoms with Gasteiger partial charge in [0.15, 0.2) is 0 Å². The number of fused-ring (bicyclic) bond motifs is 1. The van der Waals surface area contributed by atoms with Crippen LogP contribution in [0.2, 0.25) is 0 Å². The first-order valence-electron chi connectivity index (χ1n) is 6.92. The maximum absolute atomic E-state index is 12.4. The van der Waals surface area contributed by atoms with Crippen LogP contribution in [-0.2, 0) is 9.59 Å². The fourth-order valence-corrected chi connectivity index (χ4v) is 2.16. The summed E-state index contributed by atoms with van der Waals surface area (Å²) in [5, 5.41) is 3.40. The van der Waals surface area contributed by atoms with Gasteiger partial charge in [-0.15, -0.1) is 0 Å². The summed E-state index contributed by atoms with van der Waals surface area (Å²) in [6, 6.07) is 7.97. The largest absolute Gasteiger partial charge is 0.368 e. The van der Waals surface area contributed by atoms with E-state index >= 15 is 0 Å². The summed E-state index contributed by atoms with van der Waals surface area (Å²) in [6.45, 7) is 1.43.